The number of carbonyl (C=O) groups is 1. The normalized spacial score (nSPS) is 18.2. The molecule has 1 aliphatic rings. The molecule has 0 aliphatic heterocycles. The third-order valence-corrected chi connectivity index (χ3v) is 2.14. The van der Waals surface area contributed by atoms with Crippen LogP contribution in [-0.2, 0) is 9.53 Å². The lowest BCUT2D eigenvalue weighted by Crippen LogP contribution is -2.26. The molecule has 1 saturated carbocycles. The van der Waals surface area contributed by atoms with E-state index >= 15 is 0 Å². The lowest BCUT2D eigenvalue weighted by atomic mass is 10.2. The highest BCUT2D eigenvalue weighted by atomic mass is 16.5. The van der Waals surface area contributed by atoms with E-state index in [0.717, 1.165) is 25.7 Å². The van der Waals surface area contributed by atoms with Gasteiger partial charge in [0.15, 0.2) is 6.10 Å². The second kappa shape index (κ2) is 5.02. The van der Waals surface area contributed by atoms with Crippen LogP contribution in [-0.4, -0.2) is 23.8 Å². The number of ether oxygens (including phenoxy) is 1. The van der Waals surface area contributed by atoms with Crippen LogP contribution in [0.1, 0.15) is 25.7 Å². The summed E-state index contributed by atoms with van der Waals surface area (Å²) in [5.41, 5.74) is 0. The van der Waals surface area contributed by atoms with E-state index in [1.807, 2.05) is 6.08 Å². The quantitative estimate of drug-likeness (QED) is 0.485. The Labute approximate surface area is 78.4 Å². The van der Waals surface area contributed by atoms with Crippen molar-refractivity contribution in [1.29, 1.82) is 0 Å². The molecule has 0 aromatic rings. The highest BCUT2D eigenvalue weighted by Gasteiger charge is 2.36. The summed E-state index contributed by atoms with van der Waals surface area (Å²) in [6.45, 7) is 4.12. The third-order valence-electron chi connectivity index (χ3n) is 2.14. The smallest absolute Gasteiger partial charge is 0.333 e. The average molecular weight is 184 g/mol. The van der Waals surface area contributed by atoms with Crippen LogP contribution >= 0.6 is 0 Å². The molecule has 0 spiro atoms. The maximum absolute atomic E-state index is 10.7. The van der Waals surface area contributed by atoms with Crippen LogP contribution in [0.2, 0.25) is 0 Å². The number of carboxylic acids is 1. The van der Waals surface area contributed by atoms with Crippen LogP contribution in [0.25, 0.3) is 0 Å². The molecule has 1 unspecified atom stereocenters. The van der Waals surface area contributed by atoms with Crippen LogP contribution in [0.3, 0.4) is 0 Å². The maximum Gasteiger partial charge on any atom is 0.333 e. The van der Waals surface area contributed by atoms with Gasteiger partial charge in [-0.3, -0.25) is 0 Å². The van der Waals surface area contributed by atoms with Crippen LogP contribution in [0.4, 0.5) is 0 Å². The van der Waals surface area contributed by atoms with E-state index in [4.69, 9.17) is 9.84 Å². The Kier molecular flexibility index (Phi) is 3.96. The summed E-state index contributed by atoms with van der Waals surface area (Å²) in [4.78, 5) is 10.7. The van der Waals surface area contributed by atoms with Gasteiger partial charge in [-0.1, -0.05) is 6.08 Å². The molecule has 0 heterocycles. The number of hydrogen-bond acceptors (Lipinski definition) is 2. The Balaban J connectivity index is 2.15. The van der Waals surface area contributed by atoms with Crippen molar-refractivity contribution in [3.8, 4) is 0 Å². The molecule has 0 aromatic carbocycles. The zero-order valence-corrected chi connectivity index (χ0v) is 7.74. The molecule has 0 aromatic heterocycles. The van der Waals surface area contributed by atoms with Crippen molar-refractivity contribution in [2.24, 2.45) is 5.92 Å². The molecule has 0 saturated heterocycles. The monoisotopic (exact) mass is 184 g/mol. The summed E-state index contributed by atoms with van der Waals surface area (Å²) >= 11 is 0. The molecule has 1 rings (SSSR count). The maximum atomic E-state index is 10.7. The first kappa shape index (κ1) is 10.3. The molecule has 1 N–H and O–H groups in total. The van der Waals surface area contributed by atoms with Crippen molar-refractivity contribution >= 4 is 5.97 Å². The van der Waals surface area contributed by atoms with Gasteiger partial charge in [-0.05, 0) is 31.6 Å². The molecule has 3 nitrogen and oxygen atoms in total. The van der Waals surface area contributed by atoms with E-state index in [2.05, 4.69) is 6.58 Å². The summed E-state index contributed by atoms with van der Waals surface area (Å²) in [5.74, 6) is -0.553. The number of hydrogen-bond donors (Lipinski definition) is 1. The van der Waals surface area contributed by atoms with Crippen LogP contribution < -0.4 is 0 Å². The number of unbranched alkanes of at least 4 members (excludes halogenated alkanes) is 1. The van der Waals surface area contributed by atoms with Crippen LogP contribution in [0, 0.1) is 5.92 Å². The van der Waals surface area contributed by atoms with Crippen molar-refractivity contribution in [2.45, 2.75) is 31.8 Å². The van der Waals surface area contributed by atoms with Gasteiger partial charge in [0.2, 0.25) is 0 Å². The Morgan fingerprint density at radius 2 is 2.38 bits per heavy atom. The van der Waals surface area contributed by atoms with Gasteiger partial charge in [0, 0.05) is 6.61 Å². The average Bonchev–Trinajstić information content (AvgIpc) is 2.87. The molecule has 1 fully saturated rings. The molecule has 13 heavy (non-hydrogen) atoms. The number of allylic oxidation sites excluding steroid dienone is 1. The fraction of sp³-hybridized carbons (Fsp3) is 0.700. The van der Waals surface area contributed by atoms with Gasteiger partial charge in [-0.2, -0.15) is 0 Å². The molecule has 1 aliphatic carbocycles. The van der Waals surface area contributed by atoms with Gasteiger partial charge >= 0.3 is 5.97 Å². The third kappa shape index (κ3) is 3.59. The zero-order chi connectivity index (χ0) is 9.68. The van der Waals surface area contributed by atoms with Crippen LogP contribution in [0.5, 0.6) is 0 Å². The van der Waals surface area contributed by atoms with Crippen molar-refractivity contribution < 1.29 is 14.6 Å². The van der Waals surface area contributed by atoms with E-state index in [1.165, 1.54) is 0 Å². The molecule has 1 atom stereocenters. The first-order valence-electron chi connectivity index (χ1n) is 4.71. The Hall–Kier alpha value is -0.830. The fourth-order valence-corrected chi connectivity index (χ4v) is 1.25. The molecule has 74 valence electrons. The lowest BCUT2D eigenvalue weighted by molar-refractivity contribution is -0.151. The summed E-state index contributed by atoms with van der Waals surface area (Å²) in [7, 11) is 0. The highest BCUT2D eigenvalue weighted by molar-refractivity contribution is 5.73. The second-order valence-corrected chi connectivity index (χ2v) is 3.40. The summed E-state index contributed by atoms with van der Waals surface area (Å²) in [6, 6.07) is 0. The van der Waals surface area contributed by atoms with Gasteiger partial charge in [0.1, 0.15) is 0 Å². The van der Waals surface area contributed by atoms with Gasteiger partial charge in [0.25, 0.3) is 0 Å². The lowest BCUT2D eigenvalue weighted by Gasteiger charge is -2.11. The molecular formula is C10H16O3. The van der Waals surface area contributed by atoms with E-state index in [9.17, 15) is 4.79 Å². The minimum Gasteiger partial charge on any atom is -0.479 e. The van der Waals surface area contributed by atoms with E-state index in [1.54, 1.807) is 0 Å². The number of carboxylic acid groups (broad SMARTS) is 1. The molecule has 0 bridgehead atoms. The van der Waals surface area contributed by atoms with E-state index in [0.29, 0.717) is 6.61 Å². The molecule has 3 heteroatoms. The molecule has 0 amide bonds. The standard InChI is InChI=1S/C10H16O3/c1-2-3-4-7-13-9(10(11)12)8-5-6-8/h2,8-9H,1,3-7H2,(H,11,12). The van der Waals surface area contributed by atoms with Gasteiger partial charge in [-0.25, -0.2) is 4.79 Å². The number of aliphatic carboxylic acids is 1. The van der Waals surface area contributed by atoms with Gasteiger partial charge in [-0.15, -0.1) is 6.58 Å². The predicted molar refractivity (Wildman–Crippen MR) is 49.5 cm³/mol. The molecular weight excluding hydrogens is 168 g/mol. The van der Waals surface area contributed by atoms with Crippen molar-refractivity contribution in [3.63, 3.8) is 0 Å². The largest absolute Gasteiger partial charge is 0.479 e. The minimum atomic E-state index is -0.818. The van der Waals surface area contributed by atoms with E-state index in [-0.39, 0.29) is 5.92 Å². The predicted octanol–water partition coefficient (Wildman–Crippen LogP) is 1.83. The van der Waals surface area contributed by atoms with Gasteiger partial charge in [0.05, 0.1) is 0 Å². The second-order valence-electron chi connectivity index (χ2n) is 3.40. The Bertz CT molecular complexity index is 185. The number of rotatable bonds is 7. The van der Waals surface area contributed by atoms with Crippen LogP contribution in [0.15, 0.2) is 12.7 Å². The first-order valence-corrected chi connectivity index (χ1v) is 4.71. The summed E-state index contributed by atoms with van der Waals surface area (Å²) in [6.07, 6.45) is 4.99. The Morgan fingerprint density at radius 3 is 2.85 bits per heavy atom. The van der Waals surface area contributed by atoms with Crippen molar-refractivity contribution in [3.05, 3.63) is 12.7 Å². The first-order chi connectivity index (χ1) is 6.25. The zero-order valence-electron chi connectivity index (χ0n) is 7.74. The van der Waals surface area contributed by atoms with E-state index < -0.39 is 12.1 Å². The Morgan fingerprint density at radius 1 is 1.69 bits per heavy atom. The topological polar surface area (TPSA) is 46.5 Å². The SMILES string of the molecule is C=CCCCOC(C(=O)O)C1CC1. The molecule has 0 radical (unpaired) electrons. The highest BCUT2D eigenvalue weighted by Crippen LogP contribution is 2.34. The summed E-state index contributed by atoms with van der Waals surface area (Å²) in [5, 5.41) is 8.80. The van der Waals surface area contributed by atoms with Crippen molar-refractivity contribution in [1.82, 2.24) is 0 Å². The van der Waals surface area contributed by atoms with Gasteiger partial charge < -0.3 is 9.84 Å². The summed E-state index contributed by atoms with van der Waals surface area (Å²) < 4.78 is 5.28. The van der Waals surface area contributed by atoms with Crippen molar-refractivity contribution in [2.75, 3.05) is 6.61 Å². The fourth-order valence-electron chi connectivity index (χ4n) is 1.25. The minimum absolute atomic E-state index is 0.265.